The maximum atomic E-state index is 11.1. The fraction of sp³-hybridized carbons (Fsp3) is 0.231. The molecule has 0 aliphatic heterocycles. The van der Waals surface area contributed by atoms with Crippen LogP contribution in [0.1, 0.15) is 11.3 Å². The predicted molar refractivity (Wildman–Crippen MR) is 79.3 cm³/mol. The van der Waals surface area contributed by atoms with E-state index in [2.05, 4.69) is 31.0 Å². The first-order chi connectivity index (χ1) is 9.19. The van der Waals surface area contributed by atoms with Gasteiger partial charge in [-0.25, -0.2) is 4.98 Å². The molecular formula is C13H13BrN2O2S. The van der Waals surface area contributed by atoms with E-state index in [1.54, 1.807) is 0 Å². The number of esters is 1. The monoisotopic (exact) mass is 340 g/mol. The third kappa shape index (κ3) is 4.04. The number of nitrogens with zero attached hydrogens (tertiary/aromatic N) is 1. The van der Waals surface area contributed by atoms with Crippen molar-refractivity contribution in [1.82, 2.24) is 4.98 Å². The highest BCUT2D eigenvalue weighted by atomic mass is 79.9. The van der Waals surface area contributed by atoms with Crippen LogP contribution in [0.5, 0.6) is 0 Å². The first-order valence-electron chi connectivity index (χ1n) is 5.67. The fourth-order valence-electron chi connectivity index (χ4n) is 1.50. The van der Waals surface area contributed by atoms with E-state index in [9.17, 15) is 4.79 Å². The lowest BCUT2D eigenvalue weighted by molar-refractivity contribution is -0.139. The summed E-state index contributed by atoms with van der Waals surface area (Å²) in [6, 6.07) is 8.01. The van der Waals surface area contributed by atoms with Gasteiger partial charge in [0, 0.05) is 16.4 Å². The largest absolute Gasteiger partial charge is 0.469 e. The number of methoxy groups -OCH3 is 1. The van der Waals surface area contributed by atoms with Crippen molar-refractivity contribution in [2.45, 2.75) is 13.0 Å². The number of anilines is 1. The molecule has 2 aromatic rings. The maximum absolute atomic E-state index is 11.1. The molecule has 1 N–H and O–H groups in total. The van der Waals surface area contributed by atoms with Crippen LogP contribution >= 0.6 is 27.3 Å². The summed E-state index contributed by atoms with van der Waals surface area (Å²) >= 11 is 4.98. The second-order valence-electron chi connectivity index (χ2n) is 3.84. The Morgan fingerprint density at radius 3 is 3.00 bits per heavy atom. The number of hydrogen-bond donors (Lipinski definition) is 1. The second-order valence-corrected chi connectivity index (χ2v) is 5.55. The normalized spacial score (nSPS) is 10.2. The van der Waals surface area contributed by atoms with Crippen LogP contribution in [0, 0.1) is 0 Å². The topological polar surface area (TPSA) is 51.2 Å². The number of nitrogens with one attached hydrogen (secondary N) is 1. The SMILES string of the molecule is COC(=O)Cc1csc(NCc2ccccc2Br)n1. The zero-order valence-electron chi connectivity index (χ0n) is 10.4. The Morgan fingerprint density at radius 1 is 1.47 bits per heavy atom. The van der Waals surface area contributed by atoms with Gasteiger partial charge in [0.15, 0.2) is 5.13 Å². The summed E-state index contributed by atoms with van der Waals surface area (Å²) in [5.41, 5.74) is 1.89. The summed E-state index contributed by atoms with van der Waals surface area (Å²) < 4.78 is 5.67. The average Bonchev–Trinajstić information content (AvgIpc) is 2.85. The molecule has 4 nitrogen and oxygen atoms in total. The van der Waals surface area contributed by atoms with Gasteiger partial charge in [-0.2, -0.15) is 0 Å². The molecule has 1 aromatic carbocycles. The van der Waals surface area contributed by atoms with E-state index in [4.69, 9.17) is 0 Å². The maximum Gasteiger partial charge on any atom is 0.311 e. The summed E-state index contributed by atoms with van der Waals surface area (Å²) in [6.07, 6.45) is 0.212. The number of rotatable bonds is 5. The smallest absolute Gasteiger partial charge is 0.311 e. The van der Waals surface area contributed by atoms with Crippen LogP contribution in [0.15, 0.2) is 34.1 Å². The Hall–Kier alpha value is -1.40. The van der Waals surface area contributed by atoms with Gasteiger partial charge in [-0.15, -0.1) is 11.3 Å². The van der Waals surface area contributed by atoms with Crippen LogP contribution in [0.4, 0.5) is 5.13 Å². The number of carbonyl (C=O) groups is 1. The van der Waals surface area contributed by atoms with Gasteiger partial charge < -0.3 is 10.1 Å². The molecule has 100 valence electrons. The van der Waals surface area contributed by atoms with Crippen molar-refractivity contribution in [1.29, 1.82) is 0 Å². The van der Waals surface area contributed by atoms with Crippen molar-refractivity contribution in [3.63, 3.8) is 0 Å². The molecule has 0 saturated heterocycles. The minimum absolute atomic E-state index is 0.212. The highest BCUT2D eigenvalue weighted by Gasteiger charge is 2.07. The first kappa shape index (κ1) is 14.0. The Bertz CT molecular complexity index is 571. The van der Waals surface area contributed by atoms with E-state index >= 15 is 0 Å². The number of benzene rings is 1. The van der Waals surface area contributed by atoms with Crippen LogP contribution in [-0.4, -0.2) is 18.1 Å². The molecule has 0 aliphatic carbocycles. The Kier molecular flexibility index (Phi) is 4.93. The summed E-state index contributed by atoms with van der Waals surface area (Å²) in [5.74, 6) is -0.275. The third-order valence-corrected chi connectivity index (χ3v) is 4.12. The van der Waals surface area contributed by atoms with E-state index < -0.39 is 0 Å². The fourth-order valence-corrected chi connectivity index (χ4v) is 2.64. The highest BCUT2D eigenvalue weighted by Crippen LogP contribution is 2.20. The number of hydrogen-bond acceptors (Lipinski definition) is 5. The molecule has 6 heteroatoms. The molecule has 0 aliphatic rings. The predicted octanol–water partition coefficient (Wildman–Crippen LogP) is 3.23. The van der Waals surface area contributed by atoms with Crippen LogP contribution in [0.3, 0.4) is 0 Å². The molecule has 19 heavy (non-hydrogen) atoms. The lowest BCUT2D eigenvalue weighted by Crippen LogP contribution is -2.05. The average molecular weight is 341 g/mol. The molecule has 1 heterocycles. The minimum atomic E-state index is -0.275. The molecule has 0 atom stereocenters. The zero-order chi connectivity index (χ0) is 13.7. The molecule has 0 unspecified atom stereocenters. The summed E-state index contributed by atoms with van der Waals surface area (Å²) in [6.45, 7) is 0.687. The number of carbonyl (C=O) groups excluding carboxylic acids is 1. The van der Waals surface area contributed by atoms with Gasteiger partial charge in [0.2, 0.25) is 0 Å². The van der Waals surface area contributed by atoms with Crippen LogP contribution in [0.2, 0.25) is 0 Å². The van der Waals surface area contributed by atoms with Gasteiger partial charge in [0.1, 0.15) is 0 Å². The van der Waals surface area contributed by atoms with Crippen LogP contribution < -0.4 is 5.32 Å². The van der Waals surface area contributed by atoms with E-state index in [0.717, 1.165) is 20.9 Å². The number of aromatic nitrogens is 1. The van der Waals surface area contributed by atoms with Crippen LogP contribution in [0.25, 0.3) is 0 Å². The van der Waals surface area contributed by atoms with Crippen molar-refractivity contribution in [3.8, 4) is 0 Å². The van der Waals surface area contributed by atoms with Gasteiger partial charge in [0.05, 0.1) is 19.2 Å². The van der Waals surface area contributed by atoms with Crippen LogP contribution in [-0.2, 0) is 22.5 Å². The summed E-state index contributed by atoms with van der Waals surface area (Å²) in [4.78, 5) is 15.5. The molecule has 0 fully saturated rings. The van der Waals surface area contributed by atoms with E-state index in [1.807, 2.05) is 29.6 Å². The lowest BCUT2D eigenvalue weighted by Gasteiger charge is -2.04. The molecular weight excluding hydrogens is 328 g/mol. The van der Waals surface area contributed by atoms with Gasteiger partial charge in [-0.3, -0.25) is 4.79 Å². The number of halogens is 1. The van der Waals surface area contributed by atoms with Gasteiger partial charge in [0.25, 0.3) is 0 Å². The Labute approximate surface area is 124 Å². The standard InChI is InChI=1S/C13H13BrN2O2S/c1-18-12(17)6-10-8-19-13(16-10)15-7-9-4-2-3-5-11(9)14/h2-5,8H,6-7H2,1H3,(H,15,16). The van der Waals surface area contributed by atoms with Gasteiger partial charge in [-0.05, 0) is 11.6 Å². The van der Waals surface area contributed by atoms with E-state index in [0.29, 0.717) is 6.54 Å². The molecule has 2 rings (SSSR count). The van der Waals surface area contributed by atoms with Gasteiger partial charge in [-0.1, -0.05) is 34.1 Å². The summed E-state index contributed by atoms with van der Waals surface area (Å²) in [5, 5.41) is 5.90. The van der Waals surface area contributed by atoms with Crippen molar-refractivity contribution < 1.29 is 9.53 Å². The highest BCUT2D eigenvalue weighted by molar-refractivity contribution is 9.10. The van der Waals surface area contributed by atoms with Crippen molar-refractivity contribution >= 4 is 38.4 Å². The molecule has 1 aromatic heterocycles. The van der Waals surface area contributed by atoms with E-state index in [-0.39, 0.29) is 12.4 Å². The molecule has 0 bridgehead atoms. The zero-order valence-corrected chi connectivity index (χ0v) is 12.8. The van der Waals surface area contributed by atoms with Crippen molar-refractivity contribution in [2.75, 3.05) is 12.4 Å². The number of ether oxygens (including phenoxy) is 1. The second kappa shape index (κ2) is 6.68. The molecule has 0 amide bonds. The third-order valence-electron chi connectivity index (χ3n) is 2.49. The lowest BCUT2D eigenvalue weighted by atomic mass is 10.2. The quantitative estimate of drug-likeness (QED) is 0.849. The van der Waals surface area contributed by atoms with E-state index in [1.165, 1.54) is 18.4 Å². The Balaban J connectivity index is 1.94. The van der Waals surface area contributed by atoms with Crippen molar-refractivity contribution in [2.24, 2.45) is 0 Å². The minimum Gasteiger partial charge on any atom is -0.469 e. The molecule has 0 saturated carbocycles. The van der Waals surface area contributed by atoms with Gasteiger partial charge >= 0.3 is 5.97 Å². The molecule has 0 radical (unpaired) electrons. The number of thiazole rings is 1. The Morgan fingerprint density at radius 2 is 2.26 bits per heavy atom. The van der Waals surface area contributed by atoms with Crippen molar-refractivity contribution in [3.05, 3.63) is 45.4 Å². The molecule has 0 spiro atoms. The first-order valence-corrected chi connectivity index (χ1v) is 7.35. The summed E-state index contributed by atoms with van der Waals surface area (Å²) in [7, 11) is 1.38.